The fourth-order valence-corrected chi connectivity index (χ4v) is 2.09. The first-order valence-electron chi connectivity index (χ1n) is 7.77. The van der Waals surface area contributed by atoms with Gasteiger partial charge in [-0.05, 0) is 43.4 Å². The summed E-state index contributed by atoms with van der Waals surface area (Å²) in [6, 6.07) is 4.92. The fraction of sp³-hybridized carbons (Fsp3) is 0.562. The topological polar surface area (TPSA) is 54.9 Å². The average molecular weight is 327 g/mol. The summed E-state index contributed by atoms with van der Waals surface area (Å²) in [5.41, 5.74) is 0.893. The summed E-state index contributed by atoms with van der Waals surface area (Å²) >= 11 is 0. The minimum absolute atomic E-state index is 0.0434. The van der Waals surface area contributed by atoms with Crippen LogP contribution in [-0.4, -0.2) is 32.8 Å². The lowest BCUT2D eigenvalue weighted by Gasteiger charge is -2.14. The molecule has 0 saturated heterocycles. The molecule has 128 valence electrons. The van der Waals surface area contributed by atoms with Gasteiger partial charge >= 0.3 is 6.61 Å². The van der Waals surface area contributed by atoms with Crippen molar-refractivity contribution in [3.63, 3.8) is 0 Å². The molecule has 0 atom stereocenters. The van der Waals surface area contributed by atoms with Crippen molar-refractivity contribution < 1.29 is 18.3 Å². The number of hydrogen-bond donors (Lipinski definition) is 2. The van der Waals surface area contributed by atoms with Crippen LogP contribution in [-0.2, 0) is 6.54 Å². The molecule has 0 radical (unpaired) electrons. The Morgan fingerprint density at radius 1 is 1.30 bits per heavy atom. The highest BCUT2D eigenvalue weighted by molar-refractivity contribution is 5.79. The zero-order chi connectivity index (χ0) is 16.7. The molecule has 1 aliphatic rings. The van der Waals surface area contributed by atoms with Gasteiger partial charge in [-0.2, -0.15) is 8.78 Å². The van der Waals surface area contributed by atoms with E-state index in [-0.39, 0.29) is 5.75 Å². The lowest BCUT2D eigenvalue weighted by atomic mass is 10.2. The molecule has 0 spiro atoms. The van der Waals surface area contributed by atoms with Crippen LogP contribution in [0.1, 0.15) is 25.3 Å². The van der Waals surface area contributed by atoms with Crippen molar-refractivity contribution in [3.05, 3.63) is 23.8 Å². The van der Waals surface area contributed by atoms with Crippen LogP contribution < -0.4 is 20.1 Å². The van der Waals surface area contributed by atoms with Crippen molar-refractivity contribution in [3.8, 4) is 11.5 Å². The molecule has 0 bridgehead atoms. The third-order valence-electron chi connectivity index (χ3n) is 3.46. The second-order valence-electron chi connectivity index (χ2n) is 5.34. The molecule has 1 aromatic rings. The van der Waals surface area contributed by atoms with Gasteiger partial charge in [0.15, 0.2) is 17.5 Å². The SMILES string of the molecule is CCOc1cc(CNC(=NC)NCC2CC2)ccc1OC(F)F. The third-order valence-corrected chi connectivity index (χ3v) is 3.46. The van der Waals surface area contributed by atoms with Gasteiger partial charge in [-0.25, -0.2) is 0 Å². The highest BCUT2D eigenvalue weighted by Crippen LogP contribution is 2.30. The maximum Gasteiger partial charge on any atom is 0.387 e. The number of hydrogen-bond acceptors (Lipinski definition) is 3. The van der Waals surface area contributed by atoms with Gasteiger partial charge in [0, 0.05) is 20.1 Å². The van der Waals surface area contributed by atoms with E-state index >= 15 is 0 Å². The number of aliphatic imine (C=N–C) groups is 1. The Kier molecular flexibility index (Phi) is 6.43. The molecule has 7 heteroatoms. The Labute approximate surface area is 135 Å². The van der Waals surface area contributed by atoms with E-state index in [1.54, 1.807) is 26.1 Å². The molecule has 0 heterocycles. The van der Waals surface area contributed by atoms with Crippen molar-refractivity contribution in [2.75, 3.05) is 20.2 Å². The normalized spacial score (nSPS) is 14.7. The Bertz CT molecular complexity index is 534. The first kappa shape index (κ1) is 17.3. The van der Waals surface area contributed by atoms with Gasteiger partial charge in [0.1, 0.15) is 0 Å². The highest BCUT2D eigenvalue weighted by atomic mass is 19.3. The molecule has 0 amide bonds. The largest absolute Gasteiger partial charge is 0.490 e. The quantitative estimate of drug-likeness (QED) is 0.569. The summed E-state index contributed by atoms with van der Waals surface area (Å²) in [6.45, 7) is 0.732. The first-order valence-corrected chi connectivity index (χ1v) is 7.77. The number of rotatable bonds is 8. The molecule has 23 heavy (non-hydrogen) atoms. The standard InChI is InChI=1S/C16H23F2N3O2/c1-3-22-14-8-12(6-7-13(14)23-15(17)18)10-21-16(19-2)20-9-11-4-5-11/h6-8,11,15H,3-5,9-10H2,1-2H3,(H2,19,20,21). The van der Waals surface area contributed by atoms with E-state index in [0.717, 1.165) is 24.0 Å². The van der Waals surface area contributed by atoms with Gasteiger partial charge in [-0.1, -0.05) is 6.07 Å². The molecule has 1 fully saturated rings. The predicted octanol–water partition coefficient (Wildman–Crippen LogP) is 2.76. The van der Waals surface area contributed by atoms with E-state index in [4.69, 9.17) is 4.74 Å². The summed E-state index contributed by atoms with van der Waals surface area (Å²) in [5, 5.41) is 6.46. The Morgan fingerprint density at radius 3 is 2.70 bits per heavy atom. The Morgan fingerprint density at radius 2 is 2.09 bits per heavy atom. The van der Waals surface area contributed by atoms with E-state index in [0.29, 0.717) is 18.9 Å². The minimum Gasteiger partial charge on any atom is -0.490 e. The maximum absolute atomic E-state index is 12.4. The molecule has 1 saturated carbocycles. The maximum atomic E-state index is 12.4. The number of guanidine groups is 1. The lowest BCUT2D eigenvalue weighted by molar-refractivity contribution is -0.0514. The fourth-order valence-electron chi connectivity index (χ4n) is 2.09. The van der Waals surface area contributed by atoms with Crippen molar-refractivity contribution in [2.45, 2.75) is 32.9 Å². The Hall–Kier alpha value is -2.05. The van der Waals surface area contributed by atoms with E-state index in [1.807, 2.05) is 0 Å². The number of benzene rings is 1. The predicted molar refractivity (Wildman–Crippen MR) is 85.2 cm³/mol. The summed E-state index contributed by atoms with van der Waals surface area (Å²) in [4.78, 5) is 4.16. The van der Waals surface area contributed by atoms with E-state index in [2.05, 4.69) is 20.4 Å². The molecule has 0 aromatic heterocycles. The van der Waals surface area contributed by atoms with Crippen LogP contribution in [0.2, 0.25) is 0 Å². The molecule has 1 aromatic carbocycles. The molecule has 0 unspecified atom stereocenters. The number of nitrogens with one attached hydrogen (secondary N) is 2. The monoisotopic (exact) mass is 327 g/mol. The van der Waals surface area contributed by atoms with Crippen LogP contribution in [0, 0.1) is 5.92 Å². The van der Waals surface area contributed by atoms with Gasteiger partial charge in [0.2, 0.25) is 0 Å². The number of nitrogens with zero attached hydrogens (tertiary/aromatic N) is 1. The van der Waals surface area contributed by atoms with Crippen molar-refractivity contribution in [2.24, 2.45) is 10.9 Å². The minimum atomic E-state index is -2.87. The van der Waals surface area contributed by atoms with Crippen LogP contribution in [0.15, 0.2) is 23.2 Å². The van der Waals surface area contributed by atoms with Crippen LogP contribution in [0.25, 0.3) is 0 Å². The summed E-state index contributed by atoms with van der Waals surface area (Å²) in [5.74, 6) is 1.83. The van der Waals surface area contributed by atoms with Gasteiger partial charge in [-0.3, -0.25) is 4.99 Å². The Balaban J connectivity index is 1.93. The lowest BCUT2D eigenvalue weighted by Crippen LogP contribution is -2.37. The number of ether oxygens (including phenoxy) is 2. The highest BCUT2D eigenvalue weighted by Gasteiger charge is 2.21. The molecule has 5 nitrogen and oxygen atoms in total. The van der Waals surface area contributed by atoms with Crippen LogP contribution in [0.4, 0.5) is 8.78 Å². The van der Waals surface area contributed by atoms with Crippen LogP contribution in [0.5, 0.6) is 11.5 Å². The van der Waals surface area contributed by atoms with Crippen molar-refractivity contribution >= 4 is 5.96 Å². The summed E-state index contributed by atoms with van der Waals surface area (Å²) in [6.07, 6.45) is 2.54. The van der Waals surface area contributed by atoms with E-state index < -0.39 is 6.61 Å². The van der Waals surface area contributed by atoms with Crippen LogP contribution >= 0.6 is 0 Å². The molecule has 0 aliphatic heterocycles. The number of halogens is 2. The molecule has 1 aliphatic carbocycles. The van der Waals surface area contributed by atoms with Crippen molar-refractivity contribution in [1.29, 1.82) is 0 Å². The molecular formula is C16H23F2N3O2. The molecule has 2 rings (SSSR count). The smallest absolute Gasteiger partial charge is 0.387 e. The third kappa shape index (κ3) is 5.92. The molecular weight excluding hydrogens is 304 g/mol. The van der Waals surface area contributed by atoms with Gasteiger partial charge < -0.3 is 20.1 Å². The van der Waals surface area contributed by atoms with Crippen molar-refractivity contribution in [1.82, 2.24) is 10.6 Å². The van der Waals surface area contributed by atoms with E-state index in [1.165, 1.54) is 18.9 Å². The average Bonchev–Trinajstić information content (AvgIpc) is 3.34. The summed E-state index contributed by atoms with van der Waals surface area (Å²) < 4.78 is 34.6. The first-order chi connectivity index (χ1) is 11.1. The van der Waals surface area contributed by atoms with Gasteiger partial charge in [0.05, 0.1) is 6.61 Å². The second kappa shape index (κ2) is 8.55. The number of alkyl halides is 2. The van der Waals surface area contributed by atoms with Gasteiger partial charge in [0.25, 0.3) is 0 Å². The van der Waals surface area contributed by atoms with E-state index in [9.17, 15) is 8.78 Å². The van der Waals surface area contributed by atoms with Gasteiger partial charge in [-0.15, -0.1) is 0 Å². The zero-order valence-corrected chi connectivity index (χ0v) is 13.4. The summed E-state index contributed by atoms with van der Waals surface area (Å²) in [7, 11) is 1.72. The molecule has 2 N–H and O–H groups in total. The van der Waals surface area contributed by atoms with Crippen LogP contribution in [0.3, 0.4) is 0 Å². The second-order valence-corrected chi connectivity index (χ2v) is 5.34. The zero-order valence-electron chi connectivity index (χ0n) is 13.4.